The van der Waals surface area contributed by atoms with E-state index >= 15 is 0 Å². The molecule has 7 rings (SSSR count). The molecule has 1 fully saturated rings. The molecular formula is C28H28ClN9S2. The number of hydrogen-bond acceptors (Lipinski definition) is 9. The lowest BCUT2D eigenvalue weighted by Crippen LogP contribution is -2.51. The summed E-state index contributed by atoms with van der Waals surface area (Å²) in [6.45, 7) is 6.13. The molecule has 0 saturated carbocycles. The second-order valence-electron chi connectivity index (χ2n) is 10.4. The van der Waals surface area contributed by atoms with Gasteiger partial charge in [0, 0.05) is 53.6 Å². The first-order valence-corrected chi connectivity index (χ1v) is 15.5. The van der Waals surface area contributed by atoms with Crippen molar-refractivity contribution in [2.75, 3.05) is 29.9 Å². The summed E-state index contributed by atoms with van der Waals surface area (Å²) >= 11 is 9.63. The molecule has 2 atom stereocenters. The molecule has 0 unspecified atom stereocenters. The summed E-state index contributed by atoms with van der Waals surface area (Å²) in [6, 6.07) is 10.5. The van der Waals surface area contributed by atoms with Crippen LogP contribution in [0.3, 0.4) is 0 Å². The number of anilines is 2. The van der Waals surface area contributed by atoms with Crippen LogP contribution in [0, 0.1) is 12.8 Å². The van der Waals surface area contributed by atoms with Gasteiger partial charge in [0.1, 0.15) is 23.6 Å². The number of thioether (sulfide) groups is 1. The highest BCUT2D eigenvalue weighted by Crippen LogP contribution is 2.34. The van der Waals surface area contributed by atoms with Crippen LogP contribution in [0.1, 0.15) is 24.6 Å². The van der Waals surface area contributed by atoms with Crippen LogP contribution in [0.5, 0.6) is 0 Å². The van der Waals surface area contributed by atoms with Crippen molar-refractivity contribution >= 4 is 73.2 Å². The molecule has 1 aliphatic rings. The lowest BCUT2D eigenvalue weighted by molar-refractivity contribution is 0.365. The Morgan fingerprint density at radius 1 is 1.18 bits per heavy atom. The van der Waals surface area contributed by atoms with E-state index in [9.17, 15) is 0 Å². The highest BCUT2D eigenvalue weighted by atomic mass is 35.5. The minimum absolute atomic E-state index is 0.265. The maximum Gasteiger partial charge on any atom is 0.255 e. The minimum atomic E-state index is 0.265. The maximum atomic E-state index is 6.26. The first-order chi connectivity index (χ1) is 19.4. The van der Waals surface area contributed by atoms with Crippen molar-refractivity contribution in [1.82, 2.24) is 34.5 Å². The quantitative estimate of drug-likeness (QED) is 0.229. The van der Waals surface area contributed by atoms with Gasteiger partial charge >= 0.3 is 0 Å². The van der Waals surface area contributed by atoms with Crippen LogP contribution in [0.2, 0.25) is 5.02 Å². The normalized spacial score (nSPS) is 17.9. The van der Waals surface area contributed by atoms with Crippen molar-refractivity contribution in [3.05, 3.63) is 64.5 Å². The number of rotatable bonds is 6. The average molecular weight is 590 g/mol. The molecule has 0 aliphatic carbocycles. The highest BCUT2D eigenvalue weighted by molar-refractivity contribution is 7.98. The molecule has 9 nitrogen and oxygen atoms in total. The van der Waals surface area contributed by atoms with Crippen LogP contribution in [0.4, 0.5) is 11.6 Å². The number of nitrogens with zero attached hydrogens (tertiary/aromatic N) is 8. The topological polar surface area (TPSA) is 91.1 Å². The first kappa shape index (κ1) is 25.6. The molecule has 1 aliphatic heterocycles. The number of piperidine rings is 1. The number of hydrogen-bond donors (Lipinski definition) is 1. The van der Waals surface area contributed by atoms with Crippen LogP contribution >= 0.6 is 34.7 Å². The van der Waals surface area contributed by atoms with Gasteiger partial charge in [0.2, 0.25) is 5.16 Å². The van der Waals surface area contributed by atoms with Crippen LogP contribution in [-0.2, 0) is 5.75 Å². The van der Waals surface area contributed by atoms with Gasteiger partial charge < -0.3 is 14.8 Å². The smallest absolute Gasteiger partial charge is 0.255 e. The van der Waals surface area contributed by atoms with Crippen molar-refractivity contribution in [3.8, 4) is 0 Å². The fourth-order valence-electron chi connectivity index (χ4n) is 5.60. The van der Waals surface area contributed by atoms with E-state index in [4.69, 9.17) is 26.7 Å². The van der Waals surface area contributed by atoms with Gasteiger partial charge in [0.25, 0.3) is 5.78 Å². The predicted octanol–water partition coefficient (Wildman–Crippen LogP) is 6.22. The third-order valence-corrected chi connectivity index (χ3v) is 9.92. The number of fused-ring (bicyclic) bond motifs is 3. The number of likely N-dealkylation sites (N-methyl/N-ethyl adjacent to an activating group) is 1. The monoisotopic (exact) mass is 589 g/mol. The van der Waals surface area contributed by atoms with Gasteiger partial charge in [-0.15, -0.1) is 16.4 Å². The summed E-state index contributed by atoms with van der Waals surface area (Å²) in [5.74, 6) is 3.87. The van der Waals surface area contributed by atoms with Gasteiger partial charge in [0.15, 0.2) is 0 Å². The van der Waals surface area contributed by atoms with Crippen molar-refractivity contribution in [2.45, 2.75) is 37.2 Å². The van der Waals surface area contributed by atoms with Gasteiger partial charge in [-0.3, -0.25) is 0 Å². The van der Waals surface area contributed by atoms with E-state index in [1.165, 1.54) is 15.6 Å². The Labute approximate surface area is 244 Å². The van der Waals surface area contributed by atoms with Crippen LogP contribution < -0.4 is 9.80 Å². The van der Waals surface area contributed by atoms with E-state index in [2.05, 4.69) is 56.2 Å². The van der Waals surface area contributed by atoms with Crippen molar-refractivity contribution in [3.63, 3.8) is 0 Å². The number of aromatic nitrogens is 7. The van der Waals surface area contributed by atoms with Gasteiger partial charge in [0.05, 0.1) is 11.4 Å². The lowest BCUT2D eigenvalue weighted by atomic mass is 9.92. The molecule has 0 bridgehead atoms. The molecule has 0 spiro atoms. The second-order valence-corrected chi connectivity index (χ2v) is 12.7. The third-order valence-electron chi connectivity index (χ3n) is 7.78. The summed E-state index contributed by atoms with van der Waals surface area (Å²) in [5.41, 5.74) is 3.03. The molecule has 5 aromatic heterocycles. The summed E-state index contributed by atoms with van der Waals surface area (Å²) in [4.78, 5) is 26.4. The molecular weight excluding hydrogens is 562 g/mol. The fourth-order valence-corrected chi connectivity index (χ4v) is 7.63. The number of aryl methyl sites for hydroxylation is 1. The average Bonchev–Trinajstić information content (AvgIpc) is 3.69. The molecule has 1 N–H and O–H groups in total. The van der Waals surface area contributed by atoms with Crippen molar-refractivity contribution in [1.29, 1.82) is 0 Å². The lowest BCUT2D eigenvalue weighted by Gasteiger charge is -2.43. The Balaban J connectivity index is 1.16. The number of benzene rings is 1. The third kappa shape index (κ3) is 4.55. The number of aromatic amines is 1. The zero-order valence-corrected chi connectivity index (χ0v) is 24.8. The van der Waals surface area contributed by atoms with E-state index < -0.39 is 0 Å². The number of thiophene rings is 1. The molecule has 0 amide bonds. The van der Waals surface area contributed by atoms with Gasteiger partial charge in [-0.05, 0) is 59.9 Å². The van der Waals surface area contributed by atoms with E-state index in [0.29, 0.717) is 11.7 Å². The van der Waals surface area contributed by atoms with Crippen LogP contribution in [-0.4, -0.2) is 60.7 Å². The van der Waals surface area contributed by atoms with E-state index in [1.807, 2.05) is 35.8 Å². The Hall–Kier alpha value is -3.41. The number of H-pyrrole nitrogens is 1. The summed E-state index contributed by atoms with van der Waals surface area (Å²) in [5, 5.41) is 10.8. The van der Waals surface area contributed by atoms with Crippen molar-refractivity contribution in [2.24, 2.45) is 5.92 Å². The van der Waals surface area contributed by atoms with Crippen molar-refractivity contribution < 1.29 is 0 Å². The minimum Gasteiger partial charge on any atom is -0.354 e. The van der Waals surface area contributed by atoms with E-state index in [0.717, 1.165) is 63.8 Å². The Morgan fingerprint density at radius 3 is 2.98 bits per heavy atom. The summed E-state index contributed by atoms with van der Waals surface area (Å²) in [6.07, 6.45) is 4.61. The number of nitrogens with one attached hydrogen (secondary N) is 1. The molecule has 1 aromatic carbocycles. The molecule has 40 heavy (non-hydrogen) atoms. The molecule has 0 radical (unpaired) electrons. The highest BCUT2D eigenvalue weighted by Gasteiger charge is 2.32. The van der Waals surface area contributed by atoms with Gasteiger partial charge in [-0.2, -0.15) is 9.50 Å². The molecule has 204 valence electrons. The van der Waals surface area contributed by atoms with E-state index in [-0.39, 0.29) is 6.04 Å². The Morgan fingerprint density at radius 2 is 2.08 bits per heavy atom. The SMILES string of the molecule is Cc1cc(N2CC[C@@H](C)[C@@H](N(C)c3ncnc4[nH]ccc34)C2)n2nc(SCc3csc4ccc(Cl)cc34)nc2n1. The molecule has 12 heteroatoms. The van der Waals surface area contributed by atoms with Crippen LogP contribution in [0.25, 0.3) is 26.9 Å². The zero-order valence-electron chi connectivity index (χ0n) is 22.4. The largest absolute Gasteiger partial charge is 0.354 e. The summed E-state index contributed by atoms with van der Waals surface area (Å²) in [7, 11) is 2.14. The standard InChI is InChI=1S/C28H28ClN9S2/c1-16-7-9-37(12-22(16)36(3)26-20-6-8-30-25(20)31-15-32-26)24-10-17(2)33-27-34-28(35-38(24)27)40-14-18-13-39-23-5-4-19(29)11-21(18)23/h4-6,8,10-11,13,15-16,22H,7,9,12,14H2,1-3H3,(H,30,31,32)/t16-,22+/m1/s1. The summed E-state index contributed by atoms with van der Waals surface area (Å²) < 4.78 is 3.14. The fraction of sp³-hybridized carbons (Fsp3) is 0.321. The van der Waals surface area contributed by atoms with Gasteiger partial charge in [-0.1, -0.05) is 30.3 Å². The first-order valence-electron chi connectivity index (χ1n) is 13.2. The maximum absolute atomic E-state index is 6.26. The van der Waals surface area contributed by atoms with Crippen LogP contribution in [0.15, 0.2) is 53.4 Å². The second kappa shape index (κ2) is 10.2. The predicted molar refractivity (Wildman–Crippen MR) is 164 cm³/mol. The number of halogens is 1. The molecule has 6 aromatic rings. The van der Waals surface area contributed by atoms with E-state index in [1.54, 1.807) is 29.4 Å². The Kier molecular flexibility index (Phi) is 6.52. The molecule has 1 saturated heterocycles. The molecule has 6 heterocycles. The zero-order chi connectivity index (χ0) is 27.4. The Bertz CT molecular complexity index is 1840. The van der Waals surface area contributed by atoms with Gasteiger partial charge in [-0.25, -0.2) is 15.0 Å².